The van der Waals surface area contributed by atoms with Crippen molar-refractivity contribution in [2.75, 3.05) is 26.6 Å². The van der Waals surface area contributed by atoms with Gasteiger partial charge in [-0.15, -0.1) is 11.3 Å². The predicted octanol–water partition coefficient (Wildman–Crippen LogP) is 6.15. The molecule has 0 aliphatic carbocycles. The maximum Gasteiger partial charge on any atom is 0.248 e. The molecule has 0 aliphatic heterocycles. The molecule has 0 atom stereocenters. The van der Waals surface area contributed by atoms with E-state index in [2.05, 4.69) is 5.32 Å². The lowest BCUT2D eigenvalue weighted by Crippen LogP contribution is -2.07. The lowest BCUT2D eigenvalue weighted by atomic mass is 10.1. The fraction of sp³-hybridized carbons (Fsp3) is 0.111. The summed E-state index contributed by atoms with van der Waals surface area (Å²) in [6.07, 6.45) is 3.15. The Morgan fingerprint density at radius 1 is 0.882 bits per heavy atom. The number of nitrogens with one attached hydrogen (secondary N) is 1. The van der Waals surface area contributed by atoms with Crippen LogP contribution in [0.2, 0.25) is 0 Å². The van der Waals surface area contributed by atoms with E-state index in [1.165, 1.54) is 6.08 Å². The molecular formula is C27H24N2O4S. The highest BCUT2D eigenvalue weighted by molar-refractivity contribution is 7.13. The van der Waals surface area contributed by atoms with E-state index in [-0.39, 0.29) is 5.91 Å². The van der Waals surface area contributed by atoms with Gasteiger partial charge in [0.05, 0.1) is 27.0 Å². The van der Waals surface area contributed by atoms with Crippen LogP contribution in [0, 0.1) is 0 Å². The minimum absolute atomic E-state index is 0.255. The first kappa shape index (κ1) is 23.1. The lowest BCUT2D eigenvalue weighted by molar-refractivity contribution is -0.111. The number of hydrogen-bond acceptors (Lipinski definition) is 6. The summed E-state index contributed by atoms with van der Waals surface area (Å²) in [4.78, 5) is 17.3. The Morgan fingerprint density at radius 2 is 1.59 bits per heavy atom. The third kappa shape index (κ3) is 5.27. The Labute approximate surface area is 202 Å². The normalized spacial score (nSPS) is 10.8. The number of aromatic nitrogens is 1. The van der Waals surface area contributed by atoms with Crippen LogP contribution in [0.25, 0.3) is 27.9 Å². The van der Waals surface area contributed by atoms with Crippen molar-refractivity contribution < 1.29 is 19.0 Å². The van der Waals surface area contributed by atoms with Crippen LogP contribution in [0.15, 0.2) is 78.2 Å². The van der Waals surface area contributed by atoms with E-state index in [0.717, 1.165) is 27.4 Å². The molecule has 34 heavy (non-hydrogen) atoms. The van der Waals surface area contributed by atoms with E-state index in [9.17, 15) is 4.79 Å². The summed E-state index contributed by atoms with van der Waals surface area (Å²) < 4.78 is 16.1. The average molecular weight is 473 g/mol. The highest BCUT2D eigenvalue weighted by Crippen LogP contribution is 2.38. The SMILES string of the molecule is COc1cc(/C=C/C(=O)Nc2cccc(-c3csc(-c4ccccc4)n3)c2)cc(OC)c1OC. The lowest BCUT2D eigenvalue weighted by Gasteiger charge is -2.12. The molecule has 6 nitrogen and oxygen atoms in total. The maximum absolute atomic E-state index is 12.6. The second-order valence-corrected chi connectivity index (χ2v) is 8.12. The first-order valence-corrected chi connectivity index (χ1v) is 11.4. The van der Waals surface area contributed by atoms with E-state index in [4.69, 9.17) is 19.2 Å². The molecule has 0 unspecified atom stereocenters. The standard InChI is InChI=1S/C27H24N2O4S/c1-31-23-14-18(15-24(32-2)26(23)33-3)12-13-25(30)28-21-11-7-10-20(16-21)22-17-34-27(29-22)19-8-5-4-6-9-19/h4-17H,1-3H3,(H,28,30)/b13-12+. The molecule has 1 aromatic heterocycles. The molecule has 172 valence electrons. The molecule has 0 fully saturated rings. The van der Waals surface area contributed by atoms with E-state index >= 15 is 0 Å². The molecule has 1 heterocycles. The van der Waals surface area contributed by atoms with Crippen molar-refractivity contribution in [1.29, 1.82) is 0 Å². The van der Waals surface area contributed by atoms with Crippen LogP contribution in [-0.2, 0) is 4.79 Å². The van der Waals surface area contributed by atoms with Gasteiger partial charge in [0.15, 0.2) is 11.5 Å². The number of anilines is 1. The van der Waals surface area contributed by atoms with Crippen LogP contribution < -0.4 is 19.5 Å². The van der Waals surface area contributed by atoms with Gasteiger partial charge in [-0.2, -0.15) is 0 Å². The number of rotatable bonds is 8. The molecular weight excluding hydrogens is 448 g/mol. The van der Waals surface area contributed by atoms with Gasteiger partial charge in [-0.05, 0) is 35.9 Å². The summed E-state index contributed by atoms with van der Waals surface area (Å²) in [5.41, 5.74) is 4.32. The molecule has 0 saturated heterocycles. The van der Waals surface area contributed by atoms with Gasteiger partial charge in [-0.3, -0.25) is 4.79 Å². The number of methoxy groups -OCH3 is 3. The average Bonchev–Trinajstić information content (AvgIpc) is 3.38. The molecule has 4 aromatic rings. The van der Waals surface area contributed by atoms with Crippen LogP contribution in [0.1, 0.15) is 5.56 Å². The molecule has 7 heteroatoms. The van der Waals surface area contributed by atoms with E-state index in [1.807, 2.05) is 60.0 Å². The minimum atomic E-state index is -0.255. The number of thiazole rings is 1. The molecule has 0 saturated carbocycles. The molecule has 0 bridgehead atoms. The third-order valence-electron chi connectivity index (χ3n) is 5.07. The van der Waals surface area contributed by atoms with Gasteiger partial charge in [0.25, 0.3) is 0 Å². The first-order chi connectivity index (χ1) is 16.6. The number of carbonyl (C=O) groups is 1. The number of carbonyl (C=O) groups excluding carboxylic acids is 1. The molecule has 3 aromatic carbocycles. The van der Waals surface area contributed by atoms with Gasteiger partial charge < -0.3 is 19.5 Å². The maximum atomic E-state index is 12.6. The Bertz CT molecular complexity index is 1290. The summed E-state index contributed by atoms with van der Waals surface area (Å²) in [6.45, 7) is 0. The van der Waals surface area contributed by atoms with Gasteiger partial charge in [-0.1, -0.05) is 42.5 Å². The van der Waals surface area contributed by atoms with E-state index in [1.54, 1.807) is 50.9 Å². The van der Waals surface area contributed by atoms with Crippen molar-refractivity contribution >= 4 is 29.0 Å². The number of hydrogen-bond donors (Lipinski definition) is 1. The molecule has 1 N–H and O–H groups in total. The van der Waals surface area contributed by atoms with Gasteiger partial charge >= 0.3 is 0 Å². The van der Waals surface area contributed by atoms with Crippen molar-refractivity contribution in [2.45, 2.75) is 0 Å². The highest BCUT2D eigenvalue weighted by atomic mass is 32.1. The van der Waals surface area contributed by atoms with Crippen LogP contribution in [-0.4, -0.2) is 32.2 Å². The number of amides is 1. The van der Waals surface area contributed by atoms with E-state index in [0.29, 0.717) is 22.9 Å². The van der Waals surface area contributed by atoms with Crippen LogP contribution in [0.5, 0.6) is 17.2 Å². The number of benzene rings is 3. The molecule has 0 radical (unpaired) electrons. The summed E-state index contributed by atoms with van der Waals surface area (Å²) in [5, 5.41) is 5.88. The van der Waals surface area contributed by atoms with Crippen molar-refractivity contribution in [2.24, 2.45) is 0 Å². The fourth-order valence-corrected chi connectivity index (χ4v) is 4.26. The van der Waals surface area contributed by atoms with E-state index < -0.39 is 0 Å². The topological polar surface area (TPSA) is 69.7 Å². The predicted molar refractivity (Wildman–Crippen MR) is 137 cm³/mol. The summed E-state index contributed by atoms with van der Waals surface area (Å²) in [7, 11) is 4.65. The zero-order valence-corrected chi connectivity index (χ0v) is 19.9. The van der Waals surface area contributed by atoms with Crippen molar-refractivity contribution in [3.8, 4) is 39.1 Å². The second-order valence-electron chi connectivity index (χ2n) is 7.27. The zero-order valence-electron chi connectivity index (χ0n) is 19.1. The number of nitrogens with zero attached hydrogens (tertiary/aromatic N) is 1. The van der Waals surface area contributed by atoms with Crippen LogP contribution >= 0.6 is 11.3 Å². The smallest absolute Gasteiger partial charge is 0.248 e. The van der Waals surface area contributed by atoms with Gasteiger partial charge in [0.1, 0.15) is 5.01 Å². The minimum Gasteiger partial charge on any atom is -0.493 e. The van der Waals surface area contributed by atoms with Crippen LogP contribution in [0.3, 0.4) is 0 Å². The summed E-state index contributed by atoms with van der Waals surface area (Å²) in [5.74, 6) is 1.29. The van der Waals surface area contributed by atoms with Gasteiger partial charge in [0, 0.05) is 28.3 Å². The Morgan fingerprint density at radius 3 is 2.26 bits per heavy atom. The monoisotopic (exact) mass is 472 g/mol. The summed E-state index contributed by atoms with van der Waals surface area (Å²) in [6, 6.07) is 21.3. The number of ether oxygens (including phenoxy) is 3. The van der Waals surface area contributed by atoms with Crippen LogP contribution in [0.4, 0.5) is 5.69 Å². The van der Waals surface area contributed by atoms with Crippen molar-refractivity contribution in [3.05, 3.63) is 83.7 Å². The molecule has 4 rings (SSSR count). The molecule has 1 amide bonds. The second kappa shape index (κ2) is 10.7. The van der Waals surface area contributed by atoms with Crippen molar-refractivity contribution in [1.82, 2.24) is 4.98 Å². The zero-order chi connectivity index (χ0) is 23.9. The van der Waals surface area contributed by atoms with Gasteiger partial charge in [-0.25, -0.2) is 4.98 Å². The third-order valence-corrected chi connectivity index (χ3v) is 5.96. The summed E-state index contributed by atoms with van der Waals surface area (Å²) >= 11 is 1.59. The quantitative estimate of drug-likeness (QED) is 0.311. The fourth-order valence-electron chi connectivity index (χ4n) is 3.43. The Hall–Kier alpha value is -4.10. The Kier molecular flexibility index (Phi) is 7.25. The van der Waals surface area contributed by atoms with Crippen molar-refractivity contribution in [3.63, 3.8) is 0 Å². The Balaban J connectivity index is 1.48. The molecule has 0 aliphatic rings. The highest BCUT2D eigenvalue weighted by Gasteiger charge is 2.12. The molecule has 0 spiro atoms. The first-order valence-electron chi connectivity index (χ1n) is 10.5. The largest absolute Gasteiger partial charge is 0.493 e. The van der Waals surface area contributed by atoms with Gasteiger partial charge in [0.2, 0.25) is 11.7 Å².